The number of carbonyl (C=O) groups excluding carboxylic acids is 1. The zero-order valence-electron chi connectivity index (χ0n) is 12.5. The molecule has 1 aromatic carbocycles. The lowest BCUT2D eigenvalue weighted by molar-refractivity contribution is -0.385. The summed E-state index contributed by atoms with van der Waals surface area (Å²) in [6.45, 7) is 1.80. The molecule has 0 spiro atoms. The molecule has 1 aliphatic rings. The van der Waals surface area contributed by atoms with Gasteiger partial charge in [-0.25, -0.2) is 0 Å². The molecule has 0 unspecified atom stereocenters. The van der Waals surface area contributed by atoms with E-state index in [9.17, 15) is 14.9 Å². The maximum atomic E-state index is 12.2. The van der Waals surface area contributed by atoms with Gasteiger partial charge in [-0.15, -0.1) is 0 Å². The number of nitrogens with zero attached hydrogens (tertiary/aromatic N) is 3. The van der Waals surface area contributed by atoms with Crippen LogP contribution in [0.2, 0.25) is 0 Å². The molecule has 0 aliphatic carbocycles. The van der Waals surface area contributed by atoms with Crippen molar-refractivity contribution < 1.29 is 19.2 Å². The van der Waals surface area contributed by atoms with Gasteiger partial charge in [-0.05, 0) is 25.1 Å². The number of nitro groups is 1. The largest absolute Gasteiger partial charge is 0.454 e. The number of ketones is 1. The van der Waals surface area contributed by atoms with Crippen LogP contribution < -0.4 is 9.47 Å². The Balaban J connectivity index is 1.94. The molecule has 1 aromatic heterocycles. The van der Waals surface area contributed by atoms with Crippen molar-refractivity contribution in [3.63, 3.8) is 0 Å². The van der Waals surface area contributed by atoms with Gasteiger partial charge in [0.25, 0.3) is 5.69 Å². The van der Waals surface area contributed by atoms with E-state index in [4.69, 9.17) is 9.47 Å². The Labute approximate surface area is 131 Å². The van der Waals surface area contributed by atoms with E-state index in [-0.39, 0.29) is 23.8 Å². The number of rotatable bonds is 4. The van der Waals surface area contributed by atoms with Crippen molar-refractivity contribution in [2.75, 3.05) is 6.79 Å². The Bertz CT molecular complexity index is 838. The van der Waals surface area contributed by atoms with Crippen molar-refractivity contribution >= 4 is 17.5 Å². The van der Waals surface area contributed by atoms with E-state index in [1.54, 1.807) is 18.7 Å². The van der Waals surface area contributed by atoms with Crippen LogP contribution in [0.1, 0.15) is 21.6 Å². The summed E-state index contributed by atoms with van der Waals surface area (Å²) in [6, 6.07) is 2.78. The average molecular weight is 315 g/mol. The molecule has 3 rings (SSSR count). The van der Waals surface area contributed by atoms with Gasteiger partial charge in [0.2, 0.25) is 6.79 Å². The Morgan fingerprint density at radius 2 is 2.09 bits per heavy atom. The molecule has 1 aliphatic heterocycles. The third-order valence-electron chi connectivity index (χ3n) is 3.63. The maximum absolute atomic E-state index is 12.2. The van der Waals surface area contributed by atoms with E-state index < -0.39 is 4.92 Å². The van der Waals surface area contributed by atoms with Gasteiger partial charge in [-0.2, -0.15) is 5.10 Å². The Morgan fingerprint density at radius 1 is 1.39 bits per heavy atom. The average Bonchev–Trinajstić information content (AvgIpc) is 3.10. The third-order valence-corrected chi connectivity index (χ3v) is 3.63. The molecule has 8 nitrogen and oxygen atoms in total. The number of carbonyl (C=O) groups is 1. The molecule has 0 radical (unpaired) electrons. The number of fused-ring (bicyclic) bond motifs is 1. The van der Waals surface area contributed by atoms with E-state index in [1.165, 1.54) is 30.5 Å². The van der Waals surface area contributed by atoms with Crippen molar-refractivity contribution in [2.45, 2.75) is 6.92 Å². The highest BCUT2D eigenvalue weighted by molar-refractivity contribution is 6.07. The number of nitro benzene ring substituents is 1. The van der Waals surface area contributed by atoms with E-state index in [2.05, 4.69) is 5.10 Å². The van der Waals surface area contributed by atoms with E-state index >= 15 is 0 Å². The number of hydrogen-bond acceptors (Lipinski definition) is 6. The molecule has 0 saturated heterocycles. The Hall–Kier alpha value is -3.16. The smallest absolute Gasteiger partial charge is 0.280 e. The number of benzene rings is 1. The fourth-order valence-corrected chi connectivity index (χ4v) is 2.23. The lowest BCUT2D eigenvalue weighted by Crippen LogP contribution is -1.99. The summed E-state index contributed by atoms with van der Waals surface area (Å²) >= 11 is 0. The fourth-order valence-electron chi connectivity index (χ4n) is 2.23. The maximum Gasteiger partial charge on any atom is 0.280 e. The van der Waals surface area contributed by atoms with E-state index in [0.29, 0.717) is 17.1 Å². The van der Waals surface area contributed by atoms with Crippen LogP contribution in [0.25, 0.3) is 6.08 Å². The first-order chi connectivity index (χ1) is 11.0. The van der Waals surface area contributed by atoms with Gasteiger partial charge in [-0.1, -0.05) is 0 Å². The highest BCUT2D eigenvalue weighted by Gasteiger charge is 2.22. The SMILES string of the molecule is Cc1c(C(=O)/C=C/c2cc3c(cc2[N+](=O)[O-])OCO3)cnn1C. The number of aryl methyl sites for hydroxylation is 1. The second-order valence-corrected chi connectivity index (χ2v) is 4.99. The Kier molecular flexibility index (Phi) is 3.57. The summed E-state index contributed by atoms with van der Waals surface area (Å²) in [7, 11) is 1.73. The Morgan fingerprint density at radius 3 is 2.70 bits per heavy atom. The van der Waals surface area contributed by atoms with Gasteiger partial charge >= 0.3 is 0 Å². The highest BCUT2D eigenvalue weighted by atomic mass is 16.7. The molecule has 0 atom stereocenters. The quantitative estimate of drug-likeness (QED) is 0.371. The van der Waals surface area contributed by atoms with Crippen LogP contribution in [0.5, 0.6) is 11.5 Å². The number of allylic oxidation sites excluding steroid dienone is 1. The van der Waals surface area contributed by atoms with Crippen molar-refractivity contribution in [2.24, 2.45) is 7.05 Å². The van der Waals surface area contributed by atoms with Crippen LogP contribution in [0, 0.1) is 17.0 Å². The van der Waals surface area contributed by atoms with Crippen LogP contribution in [-0.2, 0) is 7.05 Å². The van der Waals surface area contributed by atoms with Crippen molar-refractivity contribution in [1.29, 1.82) is 0 Å². The highest BCUT2D eigenvalue weighted by Crippen LogP contribution is 2.38. The first-order valence-electron chi connectivity index (χ1n) is 6.76. The molecular weight excluding hydrogens is 302 g/mol. The summed E-state index contributed by atoms with van der Waals surface area (Å²) in [5.41, 5.74) is 1.29. The normalized spacial score (nSPS) is 12.8. The van der Waals surface area contributed by atoms with Crippen LogP contribution in [0.3, 0.4) is 0 Å². The summed E-state index contributed by atoms with van der Waals surface area (Å²) in [4.78, 5) is 22.8. The monoisotopic (exact) mass is 315 g/mol. The third kappa shape index (κ3) is 2.66. The summed E-state index contributed by atoms with van der Waals surface area (Å²) in [5, 5.41) is 15.2. The predicted molar refractivity (Wildman–Crippen MR) is 80.5 cm³/mol. The van der Waals surface area contributed by atoms with Crippen molar-refractivity contribution in [3.8, 4) is 11.5 Å². The molecule has 23 heavy (non-hydrogen) atoms. The minimum absolute atomic E-state index is 0.0213. The molecule has 0 N–H and O–H groups in total. The topological polar surface area (TPSA) is 96.5 Å². The zero-order valence-corrected chi connectivity index (χ0v) is 12.5. The van der Waals surface area contributed by atoms with Gasteiger partial charge in [0.1, 0.15) is 0 Å². The molecule has 2 heterocycles. The van der Waals surface area contributed by atoms with Gasteiger partial charge < -0.3 is 9.47 Å². The lowest BCUT2D eigenvalue weighted by Gasteiger charge is -2.01. The standard InChI is InChI=1S/C15H13N3O5/c1-9-11(7-16-17(9)2)13(19)4-3-10-5-14-15(23-8-22-14)6-12(10)18(20)21/h3-7H,8H2,1-2H3/b4-3+. The van der Waals surface area contributed by atoms with Crippen LogP contribution in [0.4, 0.5) is 5.69 Å². The molecule has 0 saturated carbocycles. The summed E-state index contributed by atoms with van der Waals surface area (Å²) in [6.07, 6.45) is 4.15. The summed E-state index contributed by atoms with van der Waals surface area (Å²) < 4.78 is 11.9. The second-order valence-electron chi connectivity index (χ2n) is 4.99. The van der Waals surface area contributed by atoms with Crippen molar-refractivity contribution in [3.05, 3.63) is 51.3 Å². The number of hydrogen-bond donors (Lipinski definition) is 0. The molecule has 0 bridgehead atoms. The molecule has 0 amide bonds. The molecular formula is C15H13N3O5. The van der Waals surface area contributed by atoms with E-state index in [0.717, 1.165) is 5.69 Å². The molecule has 8 heteroatoms. The van der Waals surface area contributed by atoms with Gasteiger partial charge in [0.05, 0.1) is 28.3 Å². The van der Waals surface area contributed by atoms with Crippen LogP contribution >= 0.6 is 0 Å². The van der Waals surface area contributed by atoms with E-state index in [1.807, 2.05) is 0 Å². The minimum Gasteiger partial charge on any atom is -0.454 e. The van der Waals surface area contributed by atoms with Crippen LogP contribution in [0.15, 0.2) is 24.4 Å². The van der Waals surface area contributed by atoms with Crippen molar-refractivity contribution in [1.82, 2.24) is 9.78 Å². The van der Waals surface area contributed by atoms with Gasteiger partial charge in [0.15, 0.2) is 17.3 Å². The molecule has 118 valence electrons. The second kappa shape index (κ2) is 5.56. The first-order valence-corrected chi connectivity index (χ1v) is 6.76. The number of ether oxygens (including phenoxy) is 2. The lowest BCUT2D eigenvalue weighted by atomic mass is 10.1. The zero-order chi connectivity index (χ0) is 16.6. The fraction of sp³-hybridized carbons (Fsp3) is 0.200. The molecule has 0 fully saturated rings. The molecule has 2 aromatic rings. The predicted octanol–water partition coefficient (Wildman–Crippen LogP) is 2.26. The number of aromatic nitrogens is 2. The first kappa shape index (κ1) is 14.8. The van der Waals surface area contributed by atoms with Gasteiger partial charge in [-0.3, -0.25) is 19.6 Å². The van der Waals surface area contributed by atoms with Gasteiger partial charge in [0, 0.05) is 12.7 Å². The summed E-state index contributed by atoms with van der Waals surface area (Å²) in [5.74, 6) is 0.464. The minimum atomic E-state index is -0.526. The van der Waals surface area contributed by atoms with Crippen LogP contribution in [-0.4, -0.2) is 27.3 Å².